The zero-order valence-electron chi connectivity index (χ0n) is 13.4. The molecule has 0 saturated heterocycles. The lowest BCUT2D eigenvalue weighted by molar-refractivity contribution is 0.496. The Hall–Kier alpha value is -1.67. The molecule has 1 aromatic heterocycles. The van der Waals surface area contributed by atoms with Gasteiger partial charge in [-0.05, 0) is 68.0 Å². The van der Waals surface area contributed by atoms with Gasteiger partial charge in [-0.2, -0.15) is 0 Å². The Balaban J connectivity index is 2.10. The Kier molecular flexibility index (Phi) is 5.94. The Bertz CT molecular complexity index is 563. The number of aryl methyl sites for hydroxylation is 3. The molecule has 2 aromatic rings. The number of aromatic nitrogens is 1. The van der Waals surface area contributed by atoms with E-state index >= 15 is 0 Å². The summed E-state index contributed by atoms with van der Waals surface area (Å²) in [6.07, 6.45) is 7.25. The molecule has 2 heteroatoms. The van der Waals surface area contributed by atoms with E-state index in [-0.39, 0.29) is 0 Å². The fourth-order valence-corrected chi connectivity index (χ4v) is 2.72. The minimum absolute atomic E-state index is 0.387. The maximum absolute atomic E-state index is 4.31. The molecule has 0 bridgehead atoms. The summed E-state index contributed by atoms with van der Waals surface area (Å²) in [7, 11) is 0. The smallest absolute Gasteiger partial charge is 0.0341 e. The average molecular weight is 282 g/mol. The van der Waals surface area contributed by atoms with Crippen molar-refractivity contribution in [1.82, 2.24) is 10.3 Å². The summed E-state index contributed by atoms with van der Waals surface area (Å²) in [6, 6.07) is 11.2. The highest BCUT2D eigenvalue weighted by atomic mass is 14.9. The minimum atomic E-state index is 0.387. The molecule has 0 aliphatic heterocycles. The molecule has 0 aliphatic rings. The van der Waals surface area contributed by atoms with Gasteiger partial charge in [0.15, 0.2) is 0 Å². The topological polar surface area (TPSA) is 24.9 Å². The highest BCUT2D eigenvalue weighted by Crippen LogP contribution is 2.22. The minimum Gasteiger partial charge on any atom is -0.310 e. The number of hydrogen-bond donors (Lipinski definition) is 1. The first-order valence-electron chi connectivity index (χ1n) is 7.90. The second kappa shape index (κ2) is 7.94. The van der Waals surface area contributed by atoms with Crippen LogP contribution in [-0.2, 0) is 6.42 Å². The summed E-state index contributed by atoms with van der Waals surface area (Å²) in [6.45, 7) is 7.62. The second-order valence-electron chi connectivity index (χ2n) is 5.70. The highest BCUT2D eigenvalue weighted by molar-refractivity contribution is 5.28. The first-order valence-corrected chi connectivity index (χ1v) is 7.90. The molecule has 1 unspecified atom stereocenters. The molecule has 0 aliphatic carbocycles. The van der Waals surface area contributed by atoms with E-state index in [0.29, 0.717) is 6.04 Å². The van der Waals surface area contributed by atoms with Gasteiger partial charge in [-0.3, -0.25) is 4.98 Å². The molecule has 1 aromatic carbocycles. The summed E-state index contributed by atoms with van der Waals surface area (Å²) in [4.78, 5) is 4.31. The third kappa shape index (κ3) is 4.40. The van der Waals surface area contributed by atoms with Gasteiger partial charge in [-0.25, -0.2) is 0 Å². The van der Waals surface area contributed by atoms with Crippen LogP contribution in [0.3, 0.4) is 0 Å². The van der Waals surface area contributed by atoms with Crippen molar-refractivity contribution in [3.63, 3.8) is 0 Å². The van der Waals surface area contributed by atoms with Crippen LogP contribution in [0.4, 0.5) is 0 Å². The van der Waals surface area contributed by atoms with Crippen LogP contribution in [0.2, 0.25) is 0 Å². The van der Waals surface area contributed by atoms with Crippen LogP contribution in [0.15, 0.2) is 42.7 Å². The van der Waals surface area contributed by atoms with Crippen molar-refractivity contribution >= 4 is 0 Å². The van der Waals surface area contributed by atoms with Crippen molar-refractivity contribution < 1.29 is 0 Å². The van der Waals surface area contributed by atoms with E-state index in [1.807, 2.05) is 12.4 Å². The van der Waals surface area contributed by atoms with Gasteiger partial charge in [0.2, 0.25) is 0 Å². The van der Waals surface area contributed by atoms with Crippen molar-refractivity contribution in [2.75, 3.05) is 6.54 Å². The van der Waals surface area contributed by atoms with Crippen molar-refractivity contribution in [1.29, 1.82) is 0 Å². The lowest BCUT2D eigenvalue weighted by Gasteiger charge is -2.21. The predicted molar refractivity (Wildman–Crippen MR) is 89.5 cm³/mol. The number of rotatable bonds is 7. The summed E-state index contributed by atoms with van der Waals surface area (Å²) < 4.78 is 0. The Morgan fingerprint density at radius 1 is 1.10 bits per heavy atom. The lowest BCUT2D eigenvalue weighted by atomic mass is 9.95. The predicted octanol–water partition coefficient (Wildman–Crippen LogP) is 4.37. The van der Waals surface area contributed by atoms with Crippen LogP contribution in [-0.4, -0.2) is 11.5 Å². The van der Waals surface area contributed by atoms with Crippen molar-refractivity contribution in [3.8, 4) is 0 Å². The van der Waals surface area contributed by atoms with E-state index in [4.69, 9.17) is 0 Å². The van der Waals surface area contributed by atoms with Crippen molar-refractivity contribution in [2.24, 2.45) is 0 Å². The van der Waals surface area contributed by atoms with Crippen LogP contribution in [0.25, 0.3) is 0 Å². The monoisotopic (exact) mass is 282 g/mol. The van der Waals surface area contributed by atoms with E-state index in [9.17, 15) is 0 Å². The van der Waals surface area contributed by atoms with E-state index in [0.717, 1.165) is 25.8 Å². The average Bonchev–Trinajstić information content (AvgIpc) is 2.50. The summed E-state index contributed by atoms with van der Waals surface area (Å²) in [5, 5.41) is 3.68. The Morgan fingerprint density at radius 3 is 2.62 bits per heavy atom. The van der Waals surface area contributed by atoms with Crippen LogP contribution in [0.5, 0.6) is 0 Å². The lowest BCUT2D eigenvalue weighted by Crippen LogP contribution is -2.23. The van der Waals surface area contributed by atoms with Gasteiger partial charge in [-0.15, -0.1) is 0 Å². The third-order valence-corrected chi connectivity index (χ3v) is 4.06. The molecule has 1 atom stereocenters. The van der Waals surface area contributed by atoms with Crippen molar-refractivity contribution in [3.05, 3.63) is 65.0 Å². The fourth-order valence-electron chi connectivity index (χ4n) is 2.72. The molecule has 1 N–H and O–H groups in total. The Labute approximate surface area is 128 Å². The van der Waals surface area contributed by atoms with Gasteiger partial charge in [0.05, 0.1) is 0 Å². The van der Waals surface area contributed by atoms with Gasteiger partial charge < -0.3 is 5.32 Å². The highest BCUT2D eigenvalue weighted by Gasteiger charge is 2.13. The molecule has 21 heavy (non-hydrogen) atoms. The van der Waals surface area contributed by atoms with Gasteiger partial charge in [0, 0.05) is 18.4 Å². The van der Waals surface area contributed by atoms with Gasteiger partial charge in [0.25, 0.3) is 0 Å². The third-order valence-electron chi connectivity index (χ3n) is 4.06. The molecule has 112 valence electrons. The van der Waals surface area contributed by atoms with Gasteiger partial charge in [0.1, 0.15) is 0 Å². The van der Waals surface area contributed by atoms with Crippen LogP contribution in [0, 0.1) is 13.8 Å². The largest absolute Gasteiger partial charge is 0.310 e. The first kappa shape index (κ1) is 15.7. The normalized spacial score (nSPS) is 12.3. The summed E-state index contributed by atoms with van der Waals surface area (Å²) in [5.41, 5.74) is 5.49. The standard InChI is InChI=1S/C19H26N2/c1-4-12-21-19(18-14-20-13-11-16(18)3)10-9-17-8-6-5-7-15(17)2/h5-8,11,13-14,19,21H,4,9-10,12H2,1-3H3. The molecular formula is C19H26N2. The quantitative estimate of drug-likeness (QED) is 0.815. The number of nitrogens with zero attached hydrogens (tertiary/aromatic N) is 1. The van der Waals surface area contributed by atoms with E-state index < -0.39 is 0 Å². The van der Waals surface area contributed by atoms with E-state index in [1.54, 1.807) is 0 Å². The molecule has 0 amide bonds. The molecule has 2 rings (SSSR count). The molecule has 1 heterocycles. The second-order valence-corrected chi connectivity index (χ2v) is 5.70. The van der Waals surface area contributed by atoms with E-state index in [2.05, 4.69) is 61.4 Å². The number of pyridine rings is 1. The van der Waals surface area contributed by atoms with Gasteiger partial charge in [-0.1, -0.05) is 31.2 Å². The van der Waals surface area contributed by atoms with Crippen LogP contribution in [0.1, 0.15) is 48.1 Å². The maximum Gasteiger partial charge on any atom is 0.0341 e. The molecule has 0 saturated carbocycles. The number of nitrogens with one attached hydrogen (secondary N) is 1. The molecule has 0 fully saturated rings. The number of hydrogen-bond acceptors (Lipinski definition) is 2. The van der Waals surface area contributed by atoms with E-state index in [1.165, 1.54) is 22.3 Å². The zero-order valence-corrected chi connectivity index (χ0v) is 13.4. The maximum atomic E-state index is 4.31. The first-order chi connectivity index (χ1) is 10.2. The molecule has 0 spiro atoms. The van der Waals surface area contributed by atoms with Gasteiger partial charge >= 0.3 is 0 Å². The van der Waals surface area contributed by atoms with Crippen LogP contribution < -0.4 is 5.32 Å². The Morgan fingerprint density at radius 2 is 1.90 bits per heavy atom. The summed E-state index contributed by atoms with van der Waals surface area (Å²) >= 11 is 0. The molecular weight excluding hydrogens is 256 g/mol. The molecule has 0 radical (unpaired) electrons. The van der Waals surface area contributed by atoms with Crippen LogP contribution >= 0.6 is 0 Å². The molecule has 2 nitrogen and oxygen atoms in total. The summed E-state index contributed by atoms with van der Waals surface area (Å²) in [5.74, 6) is 0. The SMILES string of the molecule is CCCNC(CCc1ccccc1C)c1cnccc1C. The fraction of sp³-hybridized carbons (Fsp3) is 0.421. The number of benzene rings is 1. The van der Waals surface area contributed by atoms with Crippen molar-refractivity contribution in [2.45, 2.75) is 46.1 Å². The zero-order chi connectivity index (χ0) is 15.1.